The molecule has 1 heterocycles. The lowest BCUT2D eigenvalue weighted by atomic mass is 10.1. The molecule has 0 saturated heterocycles. The standard InChI is InChI=1S/C30H35N3O3/c1-3-4-19-31-29(35)22(2)32(21-18-23-11-6-5-7-12-23)27(34)17-10-20-33-26-16-9-14-24-13-8-15-25(28(24)26)30(33)36/h5-9,11-16,22H,3-4,10,17-21H2,1-2H3,(H,31,35)/t22-/m0/s1. The summed E-state index contributed by atoms with van der Waals surface area (Å²) < 4.78 is 0. The van der Waals surface area contributed by atoms with E-state index in [1.54, 1.807) is 16.7 Å². The van der Waals surface area contributed by atoms with Crippen molar-refractivity contribution < 1.29 is 14.4 Å². The number of anilines is 1. The second-order valence-electron chi connectivity index (χ2n) is 9.38. The molecule has 0 unspecified atom stereocenters. The first-order valence-electron chi connectivity index (χ1n) is 13.0. The minimum absolute atomic E-state index is 0.0150. The smallest absolute Gasteiger partial charge is 0.258 e. The number of hydrogen-bond donors (Lipinski definition) is 1. The molecule has 1 N–H and O–H groups in total. The van der Waals surface area contributed by atoms with Crippen LogP contribution in [0.15, 0.2) is 66.7 Å². The van der Waals surface area contributed by atoms with Crippen molar-refractivity contribution >= 4 is 34.2 Å². The van der Waals surface area contributed by atoms with E-state index in [-0.39, 0.29) is 24.1 Å². The number of benzene rings is 3. The molecule has 4 rings (SSSR count). The summed E-state index contributed by atoms with van der Waals surface area (Å²) in [4.78, 5) is 42.6. The molecule has 0 aromatic heterocycles. The molecule has 0 aliphatic carbocycles. The van der Waals surface area contributed by atoms with E-state index in [4.69, 9.17) is 0 Å². The summed E-state index contributed by atoms with van der Waals surface area (Å²) in [7, 11) is 0. The third kappa shape index (κ3) is 5.59. The maximum Gasteiger partial charge on any atom is 0.258 e. The first kappa shape index (κ1) is 25.4. The fraction of sp³-hybridized carbons (Fsp3) is 0.367. The lowest BCUT2D eigenvalue weighted by Gasteiger charge is -2.29. The molecule has 0 bridgehead atoms. The zero-order chi connectivity index (χ0) is 25.5. The monoisotopic (exact) mass is 485 g/mol. The predicted molar refractivity (Wildman–Crippen MR) is 144 cm³/mol. The molecule has 36 heavy (non-hydrogen) atoms. The zero-order valence-corrected chi connectivity index (χ0v) is 21.2. The van der Waals surface area contributed by atoms with Crippen LogP contribution in [0.5, 0.6) is 0 Å². The Bertz CT molecular complexity index is 1220. The van der Waals surface area contributed by atoms with Crippen molar-refractivity contribution in [2.24, 2.45) is 0 Å². The first-order valence-corrected chi connectivity index (χ1v) is 13.0. The first-order chi connectivity index (χ1) is 17.5. The van der Waals surface area contributed by atoms with Crippen LogP contribution in [-0.2, 0) is 16.0 Å². The van der Waals surface area contributed by atoms with Gasteiger partial charge < -0.3 is 15.1 Å². The Hall–Kier alpha value is -3.67. The molecule has 6 heteroatoms. The van der Waals surface area contributed by atoms with Gasteiger partial charge in [0.25, 0.3) is 5.91 Å². The van der Waals surface area contributed by atoms with Gasteiger partial charge in [0.15, 0.2) is 0 Å². The van der Waals surface area contributed by atoms with Crippen molar-refractivity contribution in [3.8, 4) is 0 Å². The van der Waals surface area contributed by atoms with Crippen LogP contribution in [0.1, 0.15) is 55.5 Å². The van der Waals surface area contributed by atoms with Crippen LogP contribution in [0.2, 0.25) is 0 Å². The lowest BCUT2D eigenvalue weighted by molar-refractivity contribution is -0.139. The Labute approximate surface area is 213 Å². The van der Waals surface area contributed by atoms with Crippen molar-refractivity contribution in [3.63, 3.8) is 0 Å². The van der Waals surface area contributed by atoms with Gasteiger partial charge in [0.05, 0.1) is 5.69 Å². The Morgan fingerprint density at radius 3 is 2.47 bits per heavy atom. The van der Waals surface area contributed by atoms with Crippen LogP contribution in [0.25, 0.3) is 10.8 Å². The highest BCUT2D eigenvalue weighted by Crippen LogP contribution is 2.37. The van der Waals surface area contributed by atoms with Crippen LogP contribution in [0.3, 0.4) is 0 Å². The molecule has 0 saturated carbocycles. The van der Waals surface area contributed by atoms with E-state index in [0.717, 1.165) is 40.4 Å². The molecule has 3 aromatic rings. The van der Waals surface area contributed by atoms with E-state index in [2.05, 4.69) is 12.2 Å². The zero-order valence-electron chi connectivity index (χ0n) is 21.2. The van der Waals surface area contributed by atoms with Crippen LogP contribution in [0.4, 0.5) is 5.69 Å². The molecule has 3 amide bonds. The third-order valence-electron chi connectivity index (χ3n) is 6.90. The van der Waals surface area contributed by atoms with Crippen LogP contribution in [-0.4, -0.2) is 48.3 Å². The van der Waals surface area contributed by atoms with Gasteiger partial charge in [0, 0.05) is 37.0 Å². The van der Waals surface area contributed by atoms with Gasteiger partial charge >= 0.3 is 0 Å². The van der Waals surface area contributed by atoms with Crippen LogP contribution >= 0.6 is 0 Å². The summed E-state index contributed by atoms with van der Waals surface area (Å²) in [6, 6.07) is 21.2. The van der Waals surface area contributed by atoms with E-state index < -0.39 is 6.04 Å². The number of carbonyl (C=O) groups excluding carboxylic acids is 3. The average Bonchev–Trinajstić information content (AvgIpc) is 3.17. The topological polar surface area (TPSA) is 69.7 Å². The quantitative estimate of drug-likeness (QED) is 0.369. The second kappa shape index (κ2) is 11.8. The van der Waals surface area contributed by atoms with Crippen molar-refractivity contribution in [2.45, 2.75) is 52.0 Å². The van der Waals surface area contributed by atoms with Gasteiger partial charge in [-0.15, -0.1) is 0 Å². The number of carbonyl (C=O) groups is 3. The summed E-state index contributed by atoms with van der Waals surface area (Å²) in [6.07, 6.45) is 3.40. The molecule has 188 valence electrons. The van der Waals surface area contributed by atoms with E-state index in [0.29, 0.717) is 32.5 Å². The molecule has 6 nitrogen and oxygen atoms in total. The van der Waals surface area contributed by atoms with E-state index in [1.807, 2.05) is 66.7 Å². The minimum Gasteiger partial charge on any atom is -0.354 e. The molecule has 0 fully saturated rings. The van der Waals surface area contributed by atoms with Crippen molar-refractivity contribution in [2.75, 3.05) is 24.5 Å². The summed E-state index contributed by atoms with van der Waals surface area (Å²) in [6.45, 7) is 5.42. The summed E-state index contributed by atoms with van der Waals surface area (Å²) in [5, 5.41) is 4.99. The highest BCUT2D eigenvalue weighted by molar-refractivity contribution is 6.25. The van der Waals surface area contributed by atoms with Crippen molar-refractivity contribution in [1.29, 1.82) is 0 Å². The number of nitrogens with zero attached hydrogens (tertiary/aromatic N) is 2. The molecular formula is C30H35N3O3. The molecule has 1 aliphatic rings. The third-order valence-corrected chi connectivity index (χ3v) is 6.90. The summed E-state index contributed by atoms with van der Waals surface area (Å²) >= 11 is 0. The number of nitrogens with one attached hydrogen (secondary N) is 1. The highest BCUT2D eigenvalue weighted by atomic mass is 16.2. The van der Waals surface area contributed by atoms with E-state index >= 15 is 0 Å². The van der Waals surface area contributed by atoms with E-state index in [9.17, 15) is 14.4 Å². The van der Waals surface area contributed by atoms with Gasteiger partial charge in [0.1, 0.15) is 6.04 Å². The minimum atomic E-state index is -0.551. The largest absolute Gasteiger partial charge is 0.354 e. The second-order valence-corrected chi connectivity index (χ2v) is 9.38. The normalized spacial score (nSPS) is 13.2. The maximum atomic E-state index is 13.3. The summed E-state index contributed by atoms with van der Waals surface area (Å²) in [5.41, 5.74) is 2.75. The van der Waals surface area contributed by atoms with Gasteiger partial charge in [-0.05, 0) is 49.3 Å². The average molecular weight is 486 g/mol. The fourth-order valence-corrected chi connectivity index (χ4v) is 4.84. The van der Waals surface area contributed by atoms with Gasteiger partial charge in [0.2, 0.25) is 11.8 Å². The van der Waals surface area contributed by atoms with Crippen LogP contribution in [0, 0.1) is 0 Å². The highest BCUT2D eigenvalue weighted by Gasteiger charge is 2.30. The SMILES string of the molecule is CCCCNC(=O)[C@H](C)N(CCc1ccccc1)C(=O)CCCN1C(=O)c2cccc3cccc1c23. The lowest BCUT2D eigenvalue weighted by Crippen LogP contribution is -2.49. The number of hydrogen-bond acceptors (Lipinski definition) is 3. The number of unbranched alkanes of at least 4 members (excludes halogenated alkanes) is 1. The van der Waals surface area contributed by atoms with Gasteiger partial charge in [-0.25, -0.2) is 0 Å². The fourth-order valence-electron chi connectivity index (χ4n) is 4.84. The van der Waals surface area contributed by atoms with Gasteiger partial charge in [-0.1, -0.05) is 67.9 Å². The molecule has 3 aromatic carbocycles. The Morgan fingerprint density at radius 2 is 1.72 bits per heavy atom. The van der Waals surface area contributed by atoms with Gasteiger partial charge in [-0.3, -0.25) is 14.4 Å². The molecule has 1 aliphatic heterocycles. The summed E-state index contributed by atoms with van der Waals surface area (Å²) in [5.74, 6) is -0.202. The van der Waals surface area contributed by atoms with Crippen LogP contribution < -0.4 is 10.2 Å². The van der Waals surface area contributed by atoms with Gasteiger partial charge in [-0.2, -0.15) is 0 Å². The number of rotatable bonds is 12. The molecule has 0 spiro atoms. The maximum absolute atomic E-state index is 13.3. The molecule has 0 radical (unpaired) electrons. The Kier molecular flexibility index (Phi) is 8.36. The Morgan fingerprint density at radius 1 is 0.972 bits per heavy atom. The van der Waals surface area contributed by atoms with Crippen molar-refractivity contribution in [3.05, 3.63) is 77.9 Å². The Balaban J connectivity index is 1.40. The molecular weight excluding hydrogens is 450 g/mol. The molecule has 1 atom stereocenters. The predicted octanol–water partition coefficient (Wildman–Crippen LogP) is 4.96. The van der Waals surface area contributed by atoms with Crippen molar-refractivity contribution in [1.82, 2.24) is 10.2 Å². The number of amides is 3. The van der Waals surface area contributed by atoms with E-state index in [1.165, 1.54) is 0 Å².